The molecule has 0 bridgehead atoms. The highest BCUT2D eigenvalue weighted by Crippen LogP contribution is 2.27. The number of aryl methyl sites for hydroxylation is 1. The molecule has 132 valence electrons. The van der Waals surface area contributed by atoms with Crippen LogP contribution >= 0.6 is 0 Å². The van der Waals surface area contributed by atoms with Crippen LogP contribution in [0.3, 0.4) is 0 Å². The van der Waals surface area contributed by atoms with E-state index in [9.17, 15) is 14.4 Å². The fourth-order valence-electron chi connectivity index (χ4n) is 2.26. The van der Waals surface area contributed by atoms with Gasteiger partial charge in [0.2, 0.25) is 0 Å². The predicted octanol–water partition coefficient (Wildman–Crippen LogP) is 1.68. The zero-order valence-electron chi connectivity index (χ0n) is 14.4. The van der Waals surface area contributed by atoms with Gasteiger partial charge in [-0.3, -0.25) is 25.2 Å². The average Bonchev–Trinajstić information content (AvgIpc) is 2.94. The van der Waals surface area contributed by atoms with E-state index in [4.69, 9.17) is 4.42 Å². The number of carbonyl (C=O) groups excluding carboxylic acids is 3. The number of benzene rings is 1. The largest absolute Gasteiger partial charge is 0.460 e. The third-order valence-electron chi connectivity index (χ3n) is 3.36. The summed E-state index contributed by atoms with van der Waals surface area (Å²) < 4.78 is 5.74. The topological polar surface area (TPSA) is 100 Å². The van der Waals surface area contributed by atoms with Gasteiger partial charge >= 0.3 is 11.8 Å². The molecule has 3 N–H and O–H groups in total. The number of amides is 3. The Morgan fingerprint density at radius 1 is 1.12 bits per heavy atom. The van der Waals surface area contributed by atoms with Crippen molar-refractivity contribution in [3.63, 3.8) is 0 Å². The molecular weight excluding hydrogens is 322 g/mol. The van der Waals surface area contributed by atoms with E-state index in [0.29, 0.717) is 6.42 Å². The molecule has 0 spiro atoms. The van der Waals surface area contributed by atoms with Gasteiger partial charge < -0.3 is 9.73 Å². The van der Waals surface area contributed by atoms with Crippen molar-refractivity contribution < 1.29 is 18.8 Å². The Hall–Kier alpha value is -3.09. The normalized spacial score (nSPS) is 11.0. The number of hydrogen-bond donors (Lipinski definition) is 3. The van der Waals surface area contributed by atoms with Crippen LogP contribution < -0.4 is 16.2 Å². The Morgan fingerprint density at radius 2 is 1.84 bits per heavy atom. The first kappa shape index (κ1) is 18.3. The van der Waals surface area contributed by atoms with Gasteiger partial charge in [0.25, 0.3) is 5.91 Å². The molecule has 25 heavy (non-hydrogen) atoms. The first-order valence-electron chi connectivity index (χ1n) is 8.01. The van der Waals surface area contributed by atoms with Crippen molar-refractivity contribution in [2.75, 3.05) is 0 Å². The van der Waals surface area contributed by atoms with E-state index in [-0.39, 0.29) is 6.04 Å². The van der Waals surface area contributed by atoms with Crippen LogP contribution in [0.15, 0.2) is 34.8 Å². The first-order valence-corrected chi connectivity index (χ1v) is 8.01. The van der Waals surface area contributed by atoms with Crippen molar-refractivity contribution in [1.82, 2.24) is 16.2 Å². The number of para-hydroxylation sites is 1. The number of fused-ring (bicyclic) bond motifs is 1. The lowest BCUT2D eigenvalue weighted by atomic mass is 10.1. The molecule has 0 atom stereocenters. The fraction of sp³-hybridized carbons (Fsp3) is 0.278. The Kier molecular flexibility index (Phi) is 5.94. The molecule has 0 unspecified atom stereocenters. The monoisotopic (exact) mass is 343 g/mol. The molecule has 0 aliphatic rings. The van der Waals surface area contributed by atoms with Crippen LogP contribution in [0.2, 0.25) is 0 Å². The maximum atomic E-state index is 11.8. The number of hydrogen-bond acceptors (Lipinski definition) is 4. The molecular formula is C18H21N3O4. The molecule has 7 nitrogen and oxygen atoms in total. The summed E-state index contributed by atoms with van der Waals surface area (Å²) in [6, 6.07) is 7.37. The molecule has 1 aromatic heterocycles. The summed E-state index contributed by atoms with van der Waals surface area (Å²) in [5.41, 5.74) is 5.79. The molecule has 0 aliphatic heterocycles. The molecule has 0 radical (unpaired) electrons. The van der Waals surface area contributed by atoms with Gasteiger partial charge in [-0.05, 0) is 26.0 Å². The van der Waals surface area contributed by atoms with Crippen molar-refractivity contribution >= 4 is 34.8 Å². The minimum Gasteiger partial charge on any atom is -0.460 e. The standard InChI is InChI=1S/C18H21N3O4/c1-4-14-13(12-7-5-6-8-15(12)25-14)9-10-16(22)20-21-18(24)17(23)19-11(2)3/h5-11H,4H2,1-3H3,(H,19,23)(H,20,22)(H,21,24)/b10-9+. The fourth-order valence-corrected chi connectivity index (χ4v) is 2.26. The van der Waals surface area contributed by atoms with Crippen LogP contribution in [-0.2, 0) is 20.8 Å². The maximum absolute atomic E-state index is 11.8. The Balaban J connectivity index is 2.01. The summed E-state index contributed by atoms with van der Waals surface area (Å²) in [5.74, 6) is -1.53. The smallest absolute Gasteiger partial charge is 0.327 e. The molecule has 1 aromatic carbocycles. The molecule has 1 heterocycles. The molecule has 3 amide bonds. The molecule has 2 rings (SSSR count). The quantitative estimate of drug-likeness (QED) is 0.447. The number of furan rings is 1. The van der Waals surface area contributed by atoms with Crippen molar-refractivity contribution in [1.29, 1.82) is 0 Å². The second kappa shape index (κ2) is 8.14. The average molecular weight is 343 g/mol. The number of nitrogens with one attached hydrogen (secondary N) is 3. The first-order chi connectivity index (χ1) is 11.9. The second-order valence-electron chi connectivity index (χ2n) is 5.69. The highest BCUT2D eigenvalue weighted by molar-refractivity contribution is 6.35. The Bertz CT molecular complexity index is 821. The van der Waals surface area contributed by atoms with Crippen LogP contribution in [-0.4, -0.2) is 23.8 Å². The highest BCUT2D eigenvalue weighted by Gasteiger charge is 2.14. The van der Waals surface area contributed by atoms with E-state index in [2.05, 4.69) is 16.2 Å². The second-order valence-corrected chi connectivity index (χ2v) is 5.69. The van der Waals surface area contributed by atoms with Crippen LogP contribution in [0.1, 0.15) is 32.1 Å². The van der Waals surface area contributed by atoms with Gasteiger partial charge in [-0.15, -0.1) is 0 Å². The number of carbonyl (C=O) groups is 3. The minimum atomic E-state index is -0.932. The molecule has 0 fully saturated rings. The van der Waals surface area contributed by atoms with Gasteiger partial charge in [0, 0.05) is 29.5 Å². The summed E-state index contributed by atoms with van der Waals surface area (Å²) in [6.45, 7) is 5.42. The van der Waals surface area contributed by atoms with E-state index < -0.39 is 17.7 Å². The molecule has 2 aromatic rings. The molecule has 0 saturated carbocycles. The van der Waals surface area contributed by atoms with Crippen LogP contribution in [0.25, 0.3) is 17.0 Å². The predicted molar refractivity (Wildman–Crippen MR) is 94.2 cm³/mol. The van der Waals surface area contributed by atoms with Gasteiger partial charge in [-0.1, -0.05) is 25.1 Å². The molecule has 0 aliphatic carbocycles. The van der Waals surface area contributed by atoms with Gasteiger partial charge in [0.1, 0.15) is 11.3 Å². The Morgan fingerprint density at radius 3 is 2.52 bits per heavy atom. The SMILES string of the molecule is CCc1oc2ccccc2c1/C=C/C(=O)NNC(=O)C(=O)NC(C)C. The Labute approximate surface area is 145 Å². The van der Waals surface area contributed by atoms with Gasteiger partial charge in [0.05, 0.1) is 0 Å². The van der Waals surface area contributed by atoms with E-state index in [1.807, 2.05) is 31.2 Å². The van der Waals surface area contributed by atoms with Gasteiger partial charge in [-0.25, -0.2) is 0 Å². The van der Waals surface area contributed by atoms with E-state index in [1.54, 1.807) is 19.9 Å². The van der Waals surface area contributed by atoms with Crippen LogP contribution in [0, 0.1) is 0 Å². The lowest BCUT2D eigenvalue weighted by Crippen LogP contribution is -2.49. The van der Waals surface area contributed by atoms with E-state index in [0.717, 1.165) is 22.3 Å². The lowest BCUT2D eigenvalue weighted by molar-refractivity contribution is -0.140. The third-order valence-corrected chi connectivity index (χ3v) is 3.36. The summed E-state index contributed by atoms with van der Waals surface area (Å²) in [4.78, 5) is 34.8. The summed E-state index contributed by atoms with van der Waals surface area (Å²) in [7, 11) is 0. The maximum Gasteiger partial charge on any atom is 0.327 e. The summed E-state index contributed by atoms with van der Waals surface area (Å²) in [5, 5.41) is 3.33. The third kappa shape index (κ3) is 4.69. The van der Waals surface area contributed by atoms with Crippen molar-refractivity contribution in [3.05, 3.63) is 41.7 Å². The van der Waals surface area contributed by atoms with Crippen molar-refractivity contribution in [2.45, 2.75) is 33.2 Å². The van der Waals surface area contributed by atoms with Gasteiger partial charge in [-0.2, -0.15) is 0 Å². The van der Waals surface area contributed by atoms with Gasteiger partial charge in [0.15, 0.2) is 0 Å². The number of hydrazine groups is 1. The zero-order valence-corrected chi connectivity index (χ0v) is 14.4. The summed E-state index contributed by atoms with van der Waals surface area (Å²) in [6.07, 6.45) is 3.58. The van der Waals surface area contributed by atoms with Crippen LogP contribution in [0.4, 0.5) is 0 Å². The molecule has 0 saturated heterocycles. The number of rotatable bonds is 4. The highest BCUT2D eigenvalue weighted by atomic mass is 16.3. The van der Waals surface area contributed by atoms with Crippen molar-refractivity contribution in [2.24, 2.45) is 0 Å². The minimum absolute atomic E-state index is 0.171. The van der Waals surface area contributed by atoms with Crippen LogP contribution in [0.5, 0.6) is 0 Å². The van der Waals surface area contributed by atoms with E-state index >= 15 is 0 Å². The van der Waals surface area contributed by atoms with Crippen molar-refractivity contribution in [3.8, 4) is 0 Å². The lowest BCUT2D eigenvalue weighted by Gasteiger charge is -2.08. The summed E-state index contributed by atoms with van der Waals surface area (Å²) >= 11 is 0. The zero-order chi connectivity index (χ0) is 18.4. The molecule has 7 heteroatoms. The van der Waals surface area contributed by atoms with E-state index in [1.165, 1.54) is 6.08 Å².